The van der Waals surface area contributed by atoms with Crippen LogP contribution in [0.2, 0.25) is 0 Å². The molecule has 2 aromatic carbocycles. The molecule has 0 unspecified atom stereocenters. The van der Waals surface area contributed by atoms with Crippen LogP contribution in [-0.4, -0.2) is 25.0 Å². The second-order valence-electron chi connectivity index (χ2n) is 6.22. The van der Waals surface area contributed by atoms with Crippen LogP contribution in [0.3, 0.4) is 0 Å². The molecule has 0 aliphatic carbocycles. The zero-order chi connectivity index (χ0) is 19.8. The van der Waals surface area contributed by atoms with Gasteiger partial charge in [0.2, 0.25) is 0 Å². The summed E-state index contributed by atoms with van der Waals surface area (Å²) in [6.07, 6.45) is 3.02. The standard InChI is InChI=1S/C21H24N2O4/c1-14(2)27-18-10-9-17(13-19(18)26-4)21(25)23-22-20(24)11-8-16-7-5-6-15(3)12-16/h5-14H,1-4H3,(H,22,24)(H,23,25)/b11-8+. The zero-order valence-corrected chi connectivity index (χ0v) is 15.9. The molecule has 6 heteroatoms. The van der Waals surface area contributed by atoms with Crippen molar-refractivity contribution in [1.29, 1.82) is 0 Å². The summed E-state index contributed by atoms with van der Waals surface area (Å²) in [6.45, 7) is 5.78. The number of nitrogens with one attached hydrogen (secondary N) is 2. The van der Waals surface area contributed by atoms with Crippen molar-refractivity contribution >= 4 is 17.9 Å². The first-order chi connectivity index (χ1) is 12.9. The molecule has 0 aliphatic rings. The van der Waals surface area contributed by atoms with Gasteiger partial charge in [-0.25, -0.2) is 0 Å². The lowest BCUT2D eigenvalue weighted by molar-refractivity contribution is -0.117. The average Bonchev–Trinajstić information content (AvgIpc) is 2.64. The minimum absolute atomic E-state index is 0.0157. The Hall–Kier alpha value is -3.28. The van der Waals surface area contributed by atoms with Crippen LogP contribution in [0.25, 0.3) is 6.08 Å². The van der Waals surface area contributed by atoms with Gasteiger partial charge in [-0.2, -0.15) is 0 Å². The Balaban J connectivity index is 1.95. The summed E-state index contributed by atoms with van der Waals surface area (Å²) in [5.41, 5.74) is 7.07. The highest BCUT2D eigenvalue weighted by Crippen LogP contribution is 2.28. The Kier molecular flexibility index (Phi) is 7.00. The first kappa shape index (κ1) is 20.0. The molecular formula is C21H24N2O4. The number of hydrazine groups is 1. The molecule has 0 radical (unpaired) electrons. The maximum absolute atomic E-state index is 12.2. The first-order valence-corrected chi connectivity index (χ1v) is 8.59. The van der Waals surface area contributed by atoms with Crippen LogP contribution in [0.15, 0.2) is 48.5 Å². The van der Waals surface area contributed by atoms with E-state index >= 15 is 0 Å². The number of hydrogen-bond donors (Lipinski definition) is 2. The topological polar surface area (TPSA) is 76.7 Å². The van der Waals surface area contributed by atoms with Crippen LogP contribution in [-0.2, 0) is 4.79 Å². The van der Waals surface area contributed by atoms with Crippen LogP contribution in [0.4, 0.5) is 0 Å². The van der Waals surface area contributed by atoms with Crippen LogP contribution in [0, 0.1) is 6.92 Å². The van der Waals surface area contributed by atoms with E-state index in [2.05, 4.69) is 10.9 Å². The first-order valence-electron chi connectivity index (χ1n) is 8.59. The van der Waals surface area contributed by atoms with E-state index in [0.717, 1.165) is 11.1 Å². The summed E-state index contributed by atoms with van der Waals surface area (Å²) < 4.78 is 10.9. The summed E-state index contributed by atoms with van der Waals surface area (Å²) in [4.78, 5) is 24.1. The lowest BCUT2D eigenvalue weighted by Crippen LogP contribution is -2.40. The summed E-state index contributed by atoms with van der Waals surface area (Å²) >= 11 is 0. The Morgan fingerprint density at radius 3 is 2.48 bits per heavy atom. The highest BCUT2D eigenvalue weighted by molar-refractivity contribution is 5.98. The van der Waals surface area contributed by atoms with Crippen molar-refractivity contribution in [3.05, 3.63) is 65.2 Å². The molecule has 0 saturated heterocycles. The largest absolute Gasteiger partial charge is 0.493 e. The summed E-state index contributed by atoms with van der Waals surface area (Å²) in [7, 11) is 1.50. The van der Waals surface area contributed by atoms with Crippen molar-refractivity contribution in [1.82, 2.24) is 10.9 Å². The van der Waals surface area contributed by atoms with Crippen molar-refractivity contribution < 1.29 is 19.1 Å². The number of methoxy groups -OCH3 is 1. The number of amides is 2. The van der Waals surface area contributed by atoms with Crippen molar-refractivity contribution in [2.75, 3.05) is 7.11 Å². The normalized spacial score (nSPS) is 10.7. The predicted octanol–water partition coefficient (Wildman–Crippen LogP) is 3.27. The third-order valence-corrected chi connectivity index (χ3v) is 3.56. The summed E-state index contributed by atoms with van der Waals surface area (Å²) in [6, 6.07) is 12.6. The molecule has 2 rings (SSSR count). The third-order valence-electron chi connectivity index (χ3n) is 3.56. The number of benzene rings is 2. The van der Waals surface area contributed by atoms with Crippen LogP contribution >= 0.6 is 0 Å². The number of rotatable bonds is 6. The minimum atomic E-state index is -0.457. The van der Waals surface area contributed by atoms with E-state index in [0.29, 0.717) is 17.1 Å². The van der Waals surface area contributed by atoms with E-state index in [1.165, 1.54) is 13.2 Å². The Morgan fingerprint density at radius 2 is 1.81 bits per heavy atom. The lowest BCUT2D eigenvalue weighted by Gasteiger charge is -2.14. The van der Waals surface area contributed by atoms with Crippen LogP contribution < -0.4 is 20.3 Å². The lowest BCUT2D eigenvalue weighted by atomic mass is 10.1. The van der Waals surface area contributed by atoms with Crippen molar-refractivity contribution in [3.63, 3.8) is 0 Å². The molecule has 0 saturated carbocycles. The van der Waals surface area contributed by atoms with Gasteiger partial charge in [-0.1, -0.05) is 29.8 Å². The van der Waals surface area contributed by atoms with Crippen molar-refractivity contribution in [2.45, 2.75) is 26.9 Å². The Bertz CT molecular complexity index is 844. The number of carbonyl (C=O) groups excluding carboxylic acids is 2. The van der Waals surface area contributed by atoms with E-state index in [9.17, 15) is 9.59 Å². The highest BCUT2D eigenvalue weighted by Gasteiger charge is 2.12. The molecule has 2 amide bonds. The molecule has 0 heterocycles. The second kappa shape index (κ2) is 9.43. The number of hydrogen-bond acceptors (Lipinski definition) is 4. The van der Waals surface area contributed by atoms with Gasteiger partial charge in [0.15, 0.2) is 11.5 Å². The molecule has 0 aliphatic heterocycles. The van der Waals surface area contributed by atoms with Gasteiger partial charge in [0.1, 0.15) is 0 Å². The molecule has 6 nitrogen and oxygen atoms in total. The van der Waals surface area contributed by atoms with Crippen molar-refractivity contribution in [3.8, 4) is 11.5 Å². The van der Waals surface area contributed by atoms with Gasteiger partial charge in [0.05, 0.1) is 13.2 Å². The monoisotopic (exact) mass is 368 g/mol. The molecule has 0 atom stereocenters. The fourth-order valence-electron chi connectivity index (χ4n) is 2.34. The molecule has 142 valence electrons. The highest BCUT2D eigenvalue weighted by atomic mass is 16.5. The van der Waals surface area contributed by atoms with E-state index in [-0.39, 0.29) is 6.10 Å². The van der Waals surface area contributed by atoms with E-state index < -0.39 is 11.8 Å². The van der Waals surface area contributed by atoms with Gasteiger partial charge in [-0.3, -0.25) is 20.4 Å². The SMILES string of the molecule is COc1cc(C(=O)NNC(=O)/C=C/c2cccc(C)c2)ccc1OC(C)C. The fraction of sp³-hybridized carbons (Fsp3) is 0.238. The maximum Gasteiger partial charge on any atom is 0.269 e. The summed E-state index contributed by atoms with van der Waals surface area (Å²) in [5, 5.41) is 0. The molecule has 2 N–H and O–H groups in total. The number of carbonyl (C=O) groups is 2. The Morgan fingerprint density at radius 1 is 1.04 bits per heavy atom. The van der Waals surface area contributed by atoms with Crippen molar-refractivity contribution in [2.24, 2.45) is 0 Å². The van der Waals surface area contributed by atoms with E-state index in [1.54, 1.807) is 24.3 Å². The third kappa shape index (κ3) is 6.18. The average molecular weight is 368 g/mol. The number of ether oxygens (including phenoxy) is 2. The van der Waals surface area contributed by atoms with Gasteiger partial charge >= 0.3 is 0 Å². The van der Waals surface area contributed by atoms with Gasteiger partial charge in [0, 0.05) is 11.6 Å². The molecule has 0 bridgehead atoms. The maximum atomic E-state index is 12.2. The van der Waals surface area contributed by atoms with Gasteiger partial charge in [0.25, 0.3) is 11.8 Å². The van der Waals surface area contributed by atoms with Gasteiger partial charge in [-0.05, 0) is 50.6 Å². The number of aryl methyl sites for hydroxylation is 1. The molecule has 0 spiro atoms. The minimum Gasteiger partial charge on any atom is -0.493 e. The zero-order valence-electron chi connectivity index (χ0n) is 15.9. The second-order valence-corrected chi connectivity index (χ2v) is 6.22. The van der Waals surface area contributed by atoms with Gasteiger partial charge < -0.3 is 9.47 Å². The quantitative estimate of drug-likeness (QED) is 0.606. The fourth-order valence-corrected chi connectivity index (χ4v) is 2.34. The molecular weight excluding hydrogens is 344 g/mol. The van der Waals surface area contributed by atoms with Crippen LogP contribution in [0.1, 0.15) is 35.3 Å². The molecule has 0 fully saturated rings. The van der Waals surface area contributed by atoms with Crippen LogP contribution in [0.5, 0.6) is 11.5 Å². The molecule has 2 aromatic rings. The van der Waals surface area contributed by atoms with Gasteiger partial charge in [-0.15, -0.1) is 0 Å². The smallest absolute Gasteiger partial charge is 0.269 e. The predicted molar refractivity (Wildman–Crippen MR) is 105 cm³/mol. The van der Waals surface area contributed by atoms with E-state index in [4.69, 9.17) is 9.47 Å². The molecule has 27 heavy (non-hydrogen) atoms. The van der Waals surface area contributed by atoms with E-state index in [1.807, 2.05) is 45.0 Å². The molecule has 0 aromatic heterocycles. The Labute approximate surface area is 159 Å². The summed E-state index contributed by atoms with van der Waals surface area (Å²) in [5.74, 6) is 0.106.